The van der Waals surface area contributed by atoms with Crippen LogP contribution in [0.1, 0.15) is 18.4 Å². The number of rotatable bonds is 3. The number of piperidine rings is 1. The quantitative estimate of drug-likeness (QED) is 0.899. The standard InChI is InChI=1S/C13H19BrN2O/c14-13-7-12(2-1-11(13)8-15)16-5-3-10(9-17)4-6-16/h1-2,7,10,17H,3-6,8-9,15H2. The van der Waals surface area contributed by atoms with Gasteiger partial charge in [0, 0.05) is 36.4 Å². The SMILES string of the molecule is NCc1ccc(N2CCC(CO)CC2)cc1Br. The molecule has 0 spiro atoms. The molecule has 1 aromatic carbocycles. The summed E-state index contributed by atoms with van der Waals surface area (Å²) in [7, 11) is 0. The Bertz CT molecular complexity index is 376. The first kappa shape index (κ1) is 12.9. The summed E-state index contributed by atoms with van der Waals surface area (Å²) < 4.78 is 1.08. The summed E-state index contributed by atoms with van der Waals surface area (Å²) in [6.07, 6.45) is 2.15. The number of nitrogens with zero attached hydrogens (tertiary/aromatic N) is 1. The largest absolute Gasteiger partial charge is 0.396 e. The number of anilines is 1. The first-order chi connectivity index (χ1) is 8.24. The van der Waals surface area contributed by atoms with Crippen LogP contribution in [-0.2, 0) is 6.54 Å². The van der Waals surface area contributed by atoms with Crippen molar-refractivity contribution in [2.45, 2.75) is 19.4 Å². The summed E-state index contributed by atoms with van der Waals surface area (Å²) in [5, 5.41) is 9.12. The minimum Gasteiger partial charge on any atom is -0.396 e. The predicted molar refractivity (Wildman–Crippen MR) is 74.1 cm³/mol. The van der Waals surface area contributed by atoms with Gasteiger partial charge in [0.1, 0.15) is 0 Å². The first-order valence-corrected chi connectivity index (χ1v) is 6.88. The molecule has 2 rings (SSSR count). The molecule has 1 heterocycles. The molecular weight excluding hydrogens is 280 g/mol. The second-order valence-electron chi connectivity index (χ2n) is 4.59. The number of benzene rings is 1. The second kappa shape index (κ2) is 5.85. The zero-order valence-electron chi connectivity index (χ0n) is 9.90. The molecule has 4 heteroatoms. The van der Waals surface area contributed by atoms with Gasteiger partial charge in [-0.05, 0) is 36.5 Å². The zero-order valence-corrected chi connectivity index (χ0v) is 11.5. The zero-order chi connectivity index (χ0) is 12.3. The van der Waals surface area contributed by atoms with Gasteiger partial charge in [0.15, 0.2) is 0 Å². The number of nitrogens with two attached hydrogens (primary N) is 1. The summed E-state index contributed by atoms with van der Waals surface area (Å²) in [6.45, 7) is 2.94. The molecule has 3 nitrogen and oxygen atoms in total. The van der Waals surface area contributed by atoms with E-state index in [0.717, 1.165) is 36.0 Å². The van der Waals surface area contributed by atoms with Crippen LogP contribution >= 0.6 is 15.9 Å². The predicted octanol–water partition coefficient (Wildman–Crippen LogP) is 2.12. The Labute approximate surface area is 111 Å². The topological polar surface area (TPSA) is 49.5 Å². The molecule has 0 unspecified atom stereocenters. The van der Waals surface area contributed by atoms with Crippen LogP contribution in [0.15, 0.2) is 22.7 Å². The fourth-order valence-corrected chi connectivity index (χ4v) is 2.80. The summed E-state index contributed by atoms with van der Waals surface area (Å²) >= 11 is 3.55. The van der Waals surface area contributed by atoms with Crippen LogP contribution in [0.25, 0.3) is 0 Å². The molecule has 0 bridgehead atoms. The van der Waals surface area contributed by atoms with Crippen molar-refractivity contribution in [3.05, 3.63) is 28.2 Å². The molecule has 0 aromatic heterocycles. The van der Waals surface area contributed by atoms with Crippen molar-refractivity contribution >= 4 is 21.6 Å². The second-order valence-corrected chi connectivity index (χ2v) is 5.45. The van der Waals surface area contributed by atoms with Gasteiger partial charge in [-0.1, -0.05) is 22.0 Å². The number of aliphatic hydroxyl groups excluding tert-OH is 1. The van der Waals surface area contributed by atoms with Gasteiger partial charge in [0.25, 0.3) is 0 Å². The van der Waals surface area contributed by atoms with Gasteiger partial charge in [-0.3, -0.25) is 0 Å². The van der Waals surface area contributed by atoms with Crippen molar-refractivity contribution in [2.24, 2.45) is 11.7 Å². The van der Waals surface area contributed by atoms with Crippen molar-refractivity contribution < 1.29 is 5.11 Å². The van der Waals surface area contributed by atoms with E-state index in [0.29, 0.717) is 19.1 Å². The highest BCUT2D eigenvalue weighted by atomic mass is 79.9. The minimum absolute atomic E-state index is 0.323. The molecule has 17 heavy (non-hydrogen) atoms. The number of halogens is 1. The molecule has 1 aromatic rings. The summed E-state index contributed by atoms with van der Waals surface area (Å²) in [5.74, 6) is 0.484. The summed E-state index contributed by atoms with van der Waals surface area (Å²) in [4.78, 5) is 2.37. The third kappa shape index (κ3) is 3.00. The molecule has 0 amide bonds. The van der Waals surface area contributed by atoms with E-state index in [9.17, 15) is 0 Å². The van der Waals surface area contributed by atoms with Gasteiger partial charge in [-0.15, -0.1) is 0 Å². The van der Waals surface area contributed by atoms with Crippen LogP contribution in [0, 0.1) is 5.92 Å². The number of aliphatic hydroxyl groups is 1. The molecule has 94 valence electrons. The molecule has 0 saturated carbocycles. The van der Waals surface area contributed by atoms with Crippen LogP contribution in [0.5, 0.6) is 0 Å². The Morgan fingerprint density at radius 2 is 2.06 bits per heavy atom. The first-order valence-electron chi connectivity index (χ1n) is 6.09. The van der Waals surface area contributed by atoms with E-state index in [1.54, 1.807) is 0 Å². The van der Waals surface area contributed by atoms with Crippen LogP contribution in [-0.4, -0.2) is 24.8 Å². The van der Waals surface area contributed by atoms with Gasteiger partial charge in [0.2, 0.25) is 0 Å². The van der Waals surface area contributed by atoms with E-state index in [4.69, 9.17) is 10.8 Å². The van der Waals surface area contributed by atoms with Gasteiger partial charge < -0.3 is 15.7 Å². The third-order valence-corrected chi connectivity index (χ3v) is 4.23. The van der Waals surface area contributed by atoms with Crippen LogP contribution < -0.4 is 10.6 Å². The molecule has 1 saturated heterocycles. The van der Waals surface area contributed by atoms with Crippen molar-refractivity contribution in [1.82, 2.24) is 0 Å². The van der Waals surface area contributed by atoms with Crippen molar-refractivity contribution in [3.8, 4) is 0 Å². The molecule has 1 aliphatic heterocycles. The highest BCUT2D eigenvalue weighted by Gasteiger charge is 2.18. The Morgan fingerprint density at radius 3 is 2.59 bits per heavy atom. The van der Waals surface area contributed by atoms with Crippen LogP contribution in [0.3, 0.4) is 0 Å². The van der Waals surface area contributed by atoms with Gasteiger partial charge >= 0.3 is 0 Å². The van der Waals surface area contributed by atoms with Crippen LogP contribution in [0.4, 0.5) is 5.69 Å². The van der Waals surface area contributed by atoms with E-state index in [-0.39, 0.29) is 0 Å². The minimum atomic E-state index is 0.323. The fraction of sp³-hybridized carbons (Fsp3) is 0.538. The van der Waals surface area contributed by atoms with Crippen molar-refractivity contribution in [1.29, 1.82) is 0 Å². The van der Waals surface area contributed by atoms with E-state index in [1.807, 2.05) is 0 Å². The molecule has 1 fully saturated rings. The van der Waals surface area contributed by atoms with E-state index < -0.39 is 0 Å². The third-order valence-electron chi connectivity index (χ3n) is 3.49. The maximum Gasteiger partial charge on any atom is 0.0460 e. The van der Waals surface area contributed by atoms with Crippen LogP contribution in [0.2, 0.25) is 0 Å². The molecule has 3 N–H and O–H groups in total. The van der Waals surface area contributed by atoms with Crippen molar-refractivity contribution in [2.75, 3.05) is 24.6 Å². The lowest BCUT2D eigenvalue weighted by molar-refractivity contribution is 0.203. The molecule has 0 atom stereocenters. The number of hydrogen-bond donors (Lipinski definition) is 2. The summed E-state index contributed by atoms with van der Waals surface area (Å²) in [6, 6.07) is 6.35. The Balaban J connectivity index is 2.06. The lowest BCUT2D eigenvalue weighted by atomic mass is 9.97. The van der Waals surface area contributed by atoms with Gasteiger partial charge in [-0.2, -0.15) is 0 Å². The maximum absolute atomic E-state index is 9.12. The molecule has 1 aliphatic rings. The van der Waals surface area contributed by atoms with Gasteiger partial charge in [0.05, 0.1) is 0 Å². The van der Waals surface area contributed by atoms with E-state index in [2.05, 4.69) is 39.0 Å². The monoisotopic (exact) mass is 298 g/mol. The van der Waals surface area contributed by atoms with E-state index in [1.165, 1.54) is 5.69 Å². The highest BCUT2D eigenvalue weighted by Crippen LogP contribution is 2.27. The Morgan fingerprint density at radius 1 is 1.35 bits per heavy atom. The molecular formula is C13H19BrN2O. The maximum atomic E-state index is 9.12. The molecule has 0 aliphatic carbocycles. The lowest BCUT2D eigenvalue weighted by Gasteiger charge is -2.33. The van der Waals surface area contributed by atoms with E-state index >= 15 is 0 Å². The van der Waals surface area contributed by atoms with Crippen molar-refractivity contribution in [3.63, 3.8) is 0 Å². The Hall–Kier alpha value is -0.580. The highest BCUT2D eigenvalue weighted by molar-refractivity contribution is 9.10. The Kier molecular flexibility index (Phi) is 4.42. The number of hydrogen-bond acceptors (Lipinski definition) is 3. The normalized spacial score (nSPS) is 17.5. The average molecular weight is 299 g/mol. The fourth-order valence-electron chi connectivity index (χ4n) is 2.27. The smallest absolute Gasteiger partial charge is 0.0460 e. The average Bonchev–Trinajstić information content (AvgIpc) is 2.39. The summed E-state index contributed by atoms with van der Waals surface area (Å²) in [5.41, 5.74) is 8.02. The molecule has 0 radical (unpaired) electrons. The van der Waals surface area contributed by atoms with Gasteiger partial charge in [-0.25, -0.2) is 0 Å². The lowest BCUT2D eigenvalue weighted by Crippen LogP contribution is -2.34.